The highest BCUT2D eigenvalue weighted by atomic mass is 79.9. The van der Waals surface area contributed by atoms with Crippen LogP contribution < -0.4 is 5.32 Å². The minimum Gasteiger partial charge on any atom is -0.310 e. The quantitative estimate of drug-likeness (QED) is 0.417. The normalized spacial score (nSPS) is 18.4. The van der Waals surface area contributed by atoms with Gasteiger partial charge in [0.1, 0.15) is 11.7 Å². The number of benzene rings is 1. The topological polar surface area (TPSA) is 33.5 Å². The van der Waals surface area contributed by atoms with Crippen LogP contribution in [0.3, 0.4) is 0 Å². The fraction of sp³-hybridized carbons (Fsp3) is 0.579. The summed E-state index contributed by atoms with van der Waals surface area (Å²) in [6.07, 6.45) is -4.13. The van der Waals surface area contributed by atoms with Crippen molar-refractivity contribution >= 4 is 21.7 Å². The standard InChI is InChI=1S/C19H21BrF4N2O/c1-17(2,21)10-14(15(27)11-18(25-3)8-9-18)26-16(19(22,23)24)12-4-6-13(20)7-5-12/h4-7,14,16,26H,8-11H2,1-2H3/t14-,16-/m0/s1. The number of carbonyl (C=O) groups excluding carboxylic acids is 1. The van der Waals surface area contributed by atoms with Crippen LogP contribution in [0, 0.1) is 6.57 Å². The number of halogens is 5. The molecule has 1 aromatic rings. The van der Waals surface area contributed by atoms with Gasteiger partial charge in [0.05, 0.1) is 12.5 Å². The molecule has 0 radical (unpaired) electrons. The smallest absolute Gasteiger partial charge is 0.310 e. The molecule has 0 saturated heterocycles. The highest BCUT2D eigenvalue weighted by Crippen LogP contribution is 2.44. The number of nitrogens with one attached hydrogen (secondary N) is 1. The molecule has 1 aliphatic rings. The first kappa shape index (κ1) is 21.8. The Morgan fingerprint density at radius 3 is 2.22 bits per heavy atom. The van der Waals surface area contributed by atoms with Crippen molar-refractivity contribution in [1.82, 2.24) is 5.32 Å². The SMILES string of the molecule is [C-]#[N+]C1(CC(=O)[C@H](CC(C)(C)F)N[C@@H](c2ccc(Br)cc2)C(F)(F)F)CC1. The largest absolute Gasteiger partial charge is 0.407 e. The third-order valence-corrected chi connectivity index (χ3v) is 5.07. The van der Waals surface area contributed by atoms with Gasteiger partial charge < -0.3 is 4.85 Å². The van der Waals surface area contributed by atoms with Crippen LogP contribution >= 0.6 is 15.9 Å². The molecule has 0 unspecified atom stereocenters. The molecule has 3 nitrogen and oxygen atoms in total. The first-order valence-electron chi connectivity index (χ1n) is 8.54. The van der Waals surface area contributed by atoms with Gasteiger partial charge in [0.25, 0.3) is 0 Å². The first-order chi connectivity index (χ1) is 12.4. The molecule has 0 spiro atoms. The second-order valence-electron chi connectivity index (χ2n) is 7.65. The van der Waals surface area contributed by atoms with Crippen molar-refractivity contribution in [3.63, 3.8) is 0 Å². The summed E-state index contributed by atoms with van der Waals surface area (Å²) >= 11 is 3.17. The van der Waals surface area contributed by atoms with Gasteiger partial charge in [0.15, 0.2) is 5.78 Å². The number of rotatable bonds is 8. The van der Waals surface area contributed by atoms with Crippen molar-refractivity contribution in [3.8, 4) is 0 Å². The van der Waals surface area contributed by atoms with Gasteiger partial charge in [-0.1, -0.05) is 28.1 Å². The van der Waals surface area contributed by atoms with Gasteiger partial charge in [0.2, 0.25) is 5.54 Å². The van der Waals surface area contributed by atoms with E-state index < -0.39 is 41.7 Å². The Labute approximate surface area is 164 Å². The van der Waals surface area contributed by atoms with Gasteiger partial charge in [-0.25, -0.2) is 11.0 Å². The molecule has 0 aliphatic heterocycles. The van der Waals surface area contributed by atoms with Crippen LogP contribution in [0.4, 0.5) is 17.6 Å². The third kappa shape index (κ3) is 6.28. The number of alkyl halides is 4. The molecule has 148 valence electrons. The molecule has 0 amide bonds. The van der Waals surface area contributed by atoms with Crippen LogP contribution in [-0.2, 0) is 4.79 Å². The second kappa shape index (κ2) is 7.88. The summed E-state index contributed by atoms with van der Waals surface area (Å²) in [7, 11) is 0. The van der Waals surface area contributed by atoms with Crippen LogP contribution in [0.5, 0.6) is 0 Å². The van der Waals surface area contributed by atoms with E-state index in [1.54, 1.807) is 0 Å². The molecule has 0 aromatic heterocycles. The molecular weight excluding hydrogens is 428 g/mol. The molecule has 0 bridgehead atoms. The molecule has 2 rings (SSSR count). The zero-order chi connectivity index (χ0) is 20.5. The highest BCUT2D eigenvalue weighted by molar-refractivity contribution is 9.10. The zero-order valence-corrected chi connectivity index (χ0v) is 16.6. The van der Waals surface area contributed by atoms with Gasteiger partial charge in [-0.15, -0.1) is 0 Å². The maximum atomic E-state index is 14.2. The van der Waals surface area contributed by atoms with E-state index in [0.29, 0.717) is 17.3 Å². The predicted octanol–water partition coefficient (Wildman–Crippen LogP) is 5.56. The highest BCUT2D eigenvalue weighted by Gasteiger charge is 2.53. The lowest BCUT2D eigenvalue weighted by Crippen LogP contribution is -2.47. The van der Waals surface area contributed by atoms with Crippen LogP contribution in [0.25, 0.3) is 4.85 Å². The molecule has 1 aromatic carbocycles. The van der Waals surface area contributed by atoms with E-state index >= 15 is 0 Å². The summed E-state index contributed by atoms with van der Waals surface area (Å²) in [4.78, 5) is 16.1. The molecule has 1 N–H and O–H groups in total. The summed E-state index contributed by atoms with van der Waals surface area (Å²) in [6.45, 7) is 9.61. The molecule has 1 saturated carbocycles. The number of hydrogen-bond acceptors (Lipinski definition) is 2. The van der Waals surface area contributed by atoms with Gasteiger partial charge in [0, 0.05) is 23.7 Å². The lowest BCUT2D eigenvalue weighted by molar-refractivity contribution is -0.161. The summed E-state index contributed by atoms with van der Waals surface area (Å²) < 4.78 is 55.8. The molecule has 27 heavy (non-hydrogen) atoms. The van der Waals surface area contributed by atoms with Crippen LogP contribution in [0.1, 0.15) is 51.1 Å². The van der Waals surface area contributed by atoms with Crippen LogP contribution in [-0.4, -0.2) is 29.2 Å². The van der Waals surface area contributed by atoms with Gasteiger partial charge in [-0.2, -0.15) is 13.2 Å². The van der Waals surface area contributed by atoms with Crippen molar-refractivity contribution in [2.75, 3.05) is 0 Å². The van der Waals surface area contributed by atoms with Gasteiger partial charge >= 0.3 is 6.18 Å². The molecule has 2 atom stereocenters. The van der Waals surface area contributed by atoms with Crippen molar-refractivity contribution in [3.05, 3.63) is 45.7 Å². The number of ketones is 1. The zero-order valence-electron chi connectivity index (χ0n) is 15.0. The lowest BCUT2D eigenvalue weighted by atomic mass is 9.92. The van der Waals surface area contributed by atoms with E-state index in [4.69, 9.17) is 6.57 Å². The number of nitrogens with zero attached hydrogens (tertiary/aromatic N) is 1. The number of Topliss-reactive ketones (excluding diaryl/α,β-unsaturated/α-hetero) is 1. The average molecular weight is 449 g/mol. The summed E-state index contributed by atoms with van der Waals surface area (Å²) in [5, 5.41) is 2.33. The Bertz CT molecular complexity index is 715. The van der Waals surface area contributed by atoms with E-state index in [0.717, 1.165) is 0 Å². The molecule has 1 fully saturated rings. The first-order valence-corrected chi connectivity index (χ1v) is 9.33. The fourth-order valence-electron chi connectivity index (χ4n) is 2.91. The van der Waals surface area contributed by atoms with Crippen LogP contribution in [0.2, 0.25) is 0 Å². The Kier molecular flexibility index (Phi) is 6.37. The van der Waals surface area contributed by atoms with E-state index in [-0.39, 0.29) is 12.0 Å². The summed E-state index contributed by atoms with van der Waals surface area (Å²) in [5.41, 5.74) is -2.72. The van der Waals surface area contributed by atoms with Gasteiger partial charge in [-0.3, -0.25) is 10.1 Å². The second-order valence-corrected chi connectivity index (χ2v) is 8.56. The van der Waals surface area contributed by atoms with Crippen molar-refractivity contribution in [2.45, 2.75) is 69.0 Å². The molecular formula is C19H21BrF4N2O. The Morgan fingerprint density at radius 2 is 1.81 bits per heavy atom. The fourth-order valence-corrected chi connectivity index (χ4v) is 3.17. The molecule has 8 heteroatoms. The minimum absolute atomic E-state index is 0.0634. The van der Waals surface area contributed by atoms with E-state index in [9.17, 15) is 22.4 Å². The van der Waals surface area contributed by atoms with Crippen LogP contribution in [0.15, 0.2) is 28.7 Å². The molecule has 0 heterocycles. The van der Waals surface area contributed by atoms with Crippen molar-refractivity contribution < 1.29 is 22.4 Å². The average Bonchev–Trinajstić information content (AvgIpc) is 3.30. The maximum absolute atomic E-state index is 14.2. The van der Waals surface area contributed by atoms with Crippen molar-refractivity contribution in [2.24, 2.45) is 0 Å². The predicted molar refractivity (Wildman–Crippen MR) is 97.9 cm³/mol. The van der Waals surface area contributed by atoms with E-state index in [2.05, 4.69) is 26.1 Å². The van der Waals surface area contributed by atoms with E-state index in [1.807, 2.05) is 0 Å². The minimum atomic E-state index is -4.66. The number of carbonyl (C=O) groups is 1. The maximum Gasteiger partial charge on any atom is 0.407 e. The lowest BCUT2D eigenvalue weighted by Gasteiger charge is -2.30. The summed E-state index contributed by atoms with van der Waals surface area (Å²) in [5.74, 6) is -0.555. The molecule has 1 aliphatic carbocycles. The third-order valence-electron chi connectivity index (χ3n) is 4.54. The van der Waals surface area contributed by atoms with E-state index in [1.165, 1.54) is 38.1 Å². The Balaban J connectivity index is 2.28. The summed E-state index contributed by atoms with van der Waals surface area (Å²) in [6, 6.07) is 2.12. The Morgan fingerprint density at radius 1 is 1.26 bits per heavy atom. The van der Waals surface area contributed by atoms with Gasteiger partial charge in [-0.05, 0) is 31.5 Å². The van der Waals surface area contributed by atoms with Crippen molar-refractivity contribution in [1.29, 1.82) is 0 Å². The number of hydrogen-bond donors (Lipinski definition) is 1. The monoisotopic (exact) mass is 448 g/mol. The Hall–Kier alpha value is -1.46.